The van der Waals surface area contributed by atoms with E-state index in [4.69, 9.17) is 5.73 Å². The number of nitrogens with one attached hydrogen (secondary N) is 1. The van der Waals surface area contributed by atoms with Crippen LogP contribution in [-0.2, 0) is 7.05 Å². The molecule has 1 atom stereocenters. The molecule has 2 aromatic rings. The first-order valence-electron chi connectivity index (χ1n) is 5.54. The molecule has 2 rings (SSSR count). The zero-order chi connectivity index (χ0) is 14.0. The largest absolute Gasteiger partial charge is 0.339 e. The van der Waals surface area contributed by atoms with Crippen molar-refractivity contribution in [1.82, 2.24) is 19.7 Å². The quantitative estimate of drug-likeness (QED) is 0.768. The van der Waals surface area contributed by atoms with E-state index in [-0.39, 0.29) is 6.04 Å². The van der Waals surface area contributed by atoms with Crippen molar-refractivity contribution in [2.45, 2.75) is 23.0 Å². The maximum atomic E-state index is 11.2. The van der Waals surface area contributed by atoms with Crippen molar-refractivity contribution in [3.8, 4) is 0 Å². The Bertz CT molecular complexity index is 689. The first kappa shape index (κ1) is 13.5. The molecule has 0 fully saturated rings. The van der Waals surface area contributed by atoms with E-state index >= 15 is 0 Å². The van der Waals surface area contributed by atoms with Gasteiger partial charge in [-0.05, 0) is 30.8 Å². The van der Waals surface area contributed by atoms with Gasteiger partial charge in [-0.1, -0.05) is 0 Å². The Morgan fingerprint density at radius 2 is 2.16 bits per heavy atom. The molecule has 0 saturated heterocycles. The van der Waals surface area contributed by atoms with Gasteiger partial charge in [-0.25, -0.2) is 0 Å². The van der Waals surface area contributed by atoms with Gasteiger partial charge in [0.05, 0.1) is 5.69 Å². The van der Waals surface area contributed by atoms with Crippen molar-refractivity contribution in [3.05, 3.63) is 44.7 Å². The second-order valence-electron chi connectivity index (χ2n) is 4.01. The average Bonchev–Trinajstić information content (AvgIpc) is 2.36. The van der Waals surface area contributed by atoms with Crippen molar-refractivity contribution >= 4 is 11.8 Å². The Hall–Kier alpha value is -1.93. The number of aromatic amines is 1. The summed E-state index contributed by atoms with van der Waals surface area (Å²) < 4.78 is 1.40. The van der Waals surface area contributed by atoms with Crippen molar-refractivity contribution < 1.29 is 0 Å². The third kappa shape index (κ3) is 3.09. The molecule has 3 N–H and O–H groups in total. The number of H-pyrrole nitrogens is 1. The summed E-state index contributed by atoms with van der Waals surface area (Å²) in [5.41, 5.74) is 4.95. The van der Waals surface area contributed by atoms with Gasteiger partial charge in [0.1, 0.15) is 0 Å². The maximum absolute atomic E-state index is 11.2. The Morgan fingerprint density at radius 3 is 2.74 bits per heavy atom. The lowest BCUT2D eigenvalue weighted by molar-refractivity contribution is 0.596. The maximum Gasteiger partial charge on any atom is 0.339 e. The number of nitrogens with zero attached hydrogens (tertiary/aromatic N) is 3. The summed E-state index contributed by atoms with van der Waals surface area (Å²) in [5.74, 6) is 0. The monoisotopic (exact) mass is 279 g/mol. The molecule has 0 spiro atoms. The fourth-order valence-electron chi connectivity index (χ4n) is 1.38. The van der Waals surface area contributed by atoms with Crippen LogP contribution in [0.1, 0.15) is 18.7 Å². The lowest BCUT2D eigenvalue weighted by Crippen LogP contribution is -2.33. The van der Waals surface area contributed by atoms with Crippen LogP contribution in [0.15, 0.2) is 38.0 Å². The summed E-state index contributed by atoms with van der Waals surface area (Å²) in [6.07, 6.45) is 1.65. The molecule has 0 bridgehead atoms. The molecular formula is C11H13N5O2S. The molecule has 100 valence electrons. The highest BCUT2D eigenvalue weighted by atomic mass is 32.2. The number of aryl methyl sites for hydroxylation is 1. The minimum atomic E-state index is -0.805. The first-order valence-corrected chi connectivity index (χ1v) is 6.36. The summed E-state index contributed by atoms with van der Waals surface area (Å²) in [4.78, 5) is 31.0. The van der Waals surface area contributed by atoms with Gasteiger partial charge >= 0.3 is 11.1 Å². The summed E-state index contributed by atoms with van der Waals surface area (Å²) in [5, 5.41) is 2.77. The van der Waals surface area contributed by atoms with Gasteiger partial charge in [-0.15, -0.1) is 0 Å². The molecule has 0 unspecified atom stereocenters. The van der Waals surface area contributed by atoms with Crippen LogP contribution in [-0.4, -0.2) is 19.7 Å². The van der Waals surface area contributed by atoms with Gasteiger partial charge in [0.2, 0.25) is 0 Å². The fraction of sp³-hybridized carbons (Fsp3) is 0.273. The van der Waals surface area contributed by atoms with Crippen molar-refractivity contribution in [1.29, 1.82) is 0 Å². The Kier molecular flexibility index (Phi) is 3.82. The number of pyridine rings is 1. The Balaban J connectivity index is 2.29. The van der Waals surface area contributed by atoms with Crippen molar-refractivity contribution in [2.24, 2.45) is 12.8 Å². The minimum absolute atomic E-state index is 0.130. The molecule has 2 aromatic heterocycles. The number of hydrogen-bond donors (Lipinski definition) is 2. The minimum Gasteiger partial charge on any atom is -0.323 e. The van der Waals surface area contributed by atoms with Gasteiger partial charge < -0.3 is 5.73 Å². The van der Waals surface area contributed by atoms with Crippen LogP contribution < -0.4 is 16.9 Å². The summed E-state index contributed by atoms with van der Waals surface area (Å²) in [6, 6.07) is 3.53. The fourth-order valence-corrected chi connectivity index (χ4v) is 2.14. The first-order chi connectivity index (χ1) is 8.97. The highest BCUT2D eigenvalue weighted by Gasteiger charge is 2.07. The van der Waals surface area contributed by atoms with Gasteiger partial charge in [0, 0.05) is 24.2 Å². The lowest BCUT2D eigenvalue weighted by Gasteiger charge is -2.07. The standard InChI is InChI=1S/C11H13N5O2S/c1-6(12)8-4-3-7(5-13-8)19-11-14-9(17)10(18)15-16(11)2/h3-6H,12H2,1-2H3,(H,15,18)/t6-/m1/s1. The third-order valence-electron chi connectivity index (χ3n) is 2.38. The second kappa shape index (κ2) is 5.37. The molecular weight excluding hydrogens is 266 g/mol. The lowest BCUT2D eigenvalue weighted by atomic mass is 10.2. The predicted molar refractivity (Wildman–Crippen MR) is 71.1 cm³/mol. The molecule has 7 nitrogen and oxygen atoms in total. The van der Waals surface area contributed by atoms with E-state index in [1.54, 1.807) is 13.2 Å². The molecule has 0 aromatic carbocycles. The smallest absolute Gasteiger partial charge is 0.323 e. The van der Waals surface area contributed by atoms with Gasteiger partial charge in [-0.3, -0.25) is 24.4 Å². The molecule has 8 heteroatoms. The van der Waals surface area contributed by atoms with Gasteiger partial charge in [0.25, 0.3) is 0 Å². The molecule has 0 aliphatic carbocycles. The molecule has 0 saturated carbocycles. The average molecular weight is 279 g/mol. The molecule has 0 aliphatic heterocycles. The van der Waals surface area contributed by atoms with Crippen LogP contribution in [0.4, 0.5) is 0 Å². The summed E-state index contributed by atoms with van der Waals surface area (Å²) in [6.45, 7) is 1.85. The van der Waals surface area contributed by atoms with Gasteiger partial charge in [-0.2, -0.15) is 4.98 Å². The van der Waals surface area contributed by atoms with E-state index in [2.05, 4.69) is 15.1 Å². The topological polar surface area (TPSA) is 107 Å². The van der Waals surface area contributed by atoms with E-state index in [0.717, 1.165) is 10.6 Å². The third-order valence-corrected chi connectivity index (χ3v) is 3.41. The molecule has 2 heterocycles. The van der Waals surface area contributed by atoms with Gasteiger partial charge in [0.15, 0.2) is 5.16 Å². The Morgan fingerprint density at radius 1 is 1.42 bits per heavy atom. The van der Waals surface area contributed by atoms with Crippen LogP contribution in [0.5, 0.6) is 0 Å². The highest BCUT2D eigenvalue weighted by Crippen LogP contribution is 2.23. The van der Waals surface area contributed by atoms with E-state index in [1.807, 2.05) is 19.1 Å². The molecule has 0 aliphatic rings. The zero-order valence-electron chi connectivity index (χ0n) is 10.5. The van der Waals surface area contributed by atoms with E-state index in [0.29, 0.717) is 5.16 Å². The van der Waals surface area contributed by atoms with Crippen LogP contribution >= 0.6 is 11.8 Å². The van der Waals surface area contributed by atoms with E-state index < -0.39 is 11.1 Å². The molecule has 0 amide bonds. The van der Waals surface area contributed by atoms with Crippen molar-refractivity contribution in [2.75, 3.05) is 0 Å². The summed E-state index contributed by atoms with van der Waals surface area (Å²) in [7, 11) is 1.61. The SMILES string of the molecule is C[C@@H](N)c1ccc(Sc2nc(=O)c(=O)[nH]n2C)cn1. The number of rotatable bonds is 3. The van der Waals surface area contributed by atoms with Crippen LogP contribution in [0, 0.1) is 0 Å². The summed E-state index contributed by atoms with van der Waals surface area (Å²) >= 11 is 1.24. The predicted octanol–water partition coefficient (Wildman–Crippen LogP) is 0.0345. The highest BCUT2D eigenvalue weighted by molar-refractivity contribution is 7.99. The van der Waals surface area contributed by atoms with E-state index in [9.17, 15) is 9.59 Å². The Labute approximate surface area is 112 Å². The van der Waals surface area contributed by atoms with Crippen LogP contribution in [0.25, 0.3) is 0 Å². The van der Waals surface area contributed by atoms with E-state index in [1.165, 1.54) is 16.4 Å². The van der Waals surface area contributed by atoms with Crippen molar-refractivity contribution in [3.63, 3.8) is 0 Å². The number of nitrogens with two attached hydrogens (primary N) is 1. The van der Waals surface area contributed by atoms with Crippen LogP contribution in [0.3, 0.4) is 0 Å². The second-order valence-corrected chi connectivity index (χ2v) is 5.05. The number of hydrogen-bond acceptors (Lipinski definition) is 6. The van der Waals surface area contributed by atoms with Crippen LogP contribution in [0.2, 0.25) is 0 Å². The molecule has 19 heavy (non-hydrogen) atoms. The normalized spacial score (nSPS) is 12.4. The number of aromatic nitrogens is 4. The molecule has 0 radical (unpaired) electrons. The zero-order valence-corrected chi connectivity index (χ0v) is 11.3.